The van der Waals surface area contributed by atoms with Crippen LogP contribution in [0.15, 0.2) is 53.0 Å². The predicted molar refractivity (Wildman–Crippen MR) is 117 cm³/mol. The van der Waals surface area contributed by atoms with Crippen molar-refractivity contribution in [3.63, 3.8) is 0 Å². The molecule has 2 aromatic carbocycles. The summed E-state index contributed by atoms with van der Waals surface area (Å²) < 4.78 is 6.68. The Morgan fingerprint density at radius 1 is 1.04 bits per heavy atom. The number of carbonyl (C=O) groups is 1. The molecule has 150 valence electrons. The Morgan fingerprint density at radius 2 is 1.71 bits per heavy atom. The maximum atomic E-state index is 12.5. The Hall–Kier alpha value is -1.85. The first-order valence-electron chi connectivity index (χ1n) is 9.80. The zero-order valence-corrected chi connectivity index (χ0v) is 18.5. The summed E-state index contributed by atoms with van der Waals surface area (Å²) in [5, 5.41) is 0. The Balaban J connectivity index is 1.47. The molecule has 0 saturated carbocycles. The number of halogens is 1. The summed E-state index contributed by atoms with van der Waals surface area (Å²) in [6, 6.07) is 16.5. The van der Waals surface area contributed by atoms with Gasteiger partial charge in [-0.2, -0.15) is 0 Å². The standard InChI is InChI=1S/C23H29BrN2O2/c1-23(2,3)19-9-10-21(20(24)15-19)28-17-22(27)26-13-11-25(12-14-26)16-18-7-5-4-6-8-18/h4-10,15H,11-14,16-17H2,1-3H3. The van der Waals surface area contributed by atoms with Gasteiger partial charge in [-0.3, -0.25) is 9.69 Å². The van der Waals surface area contributed by atoms with Crippen LogP contribution < -0.4 is 4.74 Å². The molecule has 0 aliphatic carbocycles. The van der Waals surface area contributed by atoms with Crippen LogP contribution in [0.3, 0.4) is 0 Å². The lowest BCUT2D eigenvalue weighted by atomic mass is 9.87. The van der Waals surface area contributed by atoms with Gasteiger partial charge < -0.3 is 9.64 Å². The molecule has 1 aliphatic rings. The highest BCUT2D eigenvalue weighted by Crippen LogP contribution is 2.31. The van der Waals surface area contributed by atoms with Gasteiger partial charge in [-0.1, -0.05) is 57.2 Å². The molecule has 0 N–H and O–H groups in total. The van der Waals surface area contributed by atoms with Crippen LogP contribution in [0.4, 0.5) is 0 Å². The minimum Gasteiger partial charge on any atom is -0.483 e. The summed E-state index contributed by atoms with van der Waals surface area (Å²) in [6.45, 7) is 10.8. The second-order valence-corrected chi connectivity index (χ2v) is 9.18. The number of hydrogen-bond acceptors (Lipinski definition) is 3. The van der Waals surface area contributed by atoms with Gasteiger partial charge in [-0.15, -0.1) is 0 Å². The van der Waals surface area contributed by atoms with Crippen LogP contribution in [0.2, 0.25) is 0 Å². The normalized spacial score (nSPS) is 15.5. The molecule has 4 nitrogen and oxygen atoms in total. The summed E-state index contributed by atoms with van der Waals surface area (Å²) in [5.74, 6) is 0.759. The van der Waals surface area contributed by atoms with Crippen molar-refractivity contribution in [2.75, 3.05) is 32.8 Å². The maximum absolute atomic E-state index is 12.5. The van der Waals surface area contributed by atoms with Crippen molar-refractivity contribution in [2.45, 2.75) is 32.7 Å². The highest BCUT2D eigenvalue weighted by atomic mass is 79.9. The molecule has 3 rings (SSSR count). The average molecular weight is 445 g/mol. The van der Waals surface area contributed by atoms with Gasteiger partial charge in [0, 0.05) is 32.7 Å². The summed E-state index contributed by atoms with van der Waals surface area (Å²) >= 11 is 3.57. The van der Waals surface area contributed by atoms with E-state index in [2.05, 4.69) is 78.0 Å². The van der Waals surface area contributed by atoms with E-state index < -0.39 is 0 Å². The summed E-state index contributed by atoms with van der Waals surface area (Å²) in [4.78, 5) is 16.8. The van der Waals surface area contributed by atoms with Gasteiger partial charge in [0.2, 0.25) is 0 Å². The van der Waals surface area contributed by atoms with Gasteiger partial charge >= 0.3 is 0 Å². The molecule has 1 aliphatic heterocycles. The van der Waals surface area contributed by atoms with E-state index in [1.165, 1.54) is 11.1 Å². The molecule has 5 heteroatoms. The molecular formula is C23H29BrN2O2. The van der Waals surface area contributed by atoms with Crippen LogP contribution in [0.5, 0.6) is 5.75 Å². The van der Waals surface area contributed by atoms with E-state index in [1.54, 1.807) is 0 Å². The third kappa shape index (κ3) is 5.58. The molecule has 1 fully saturated rings. The quantitative estimate of drug-likeness (QED) is 0.681. The molecule has 0 unspecified atom stereocenters. The number of rotatable bonds is 5. The highest BCUT2D eigenvalue weighted by Gasteiger charge is 2.22. The SMILES string of the molecule is CC(C)(C)c1ccc(OCC(=O)N2CCN(Cc3ccccc3)CC2)c(Br)c1. The van der Waals surface area contributed by atoms with Gasteiger partial charge in [-0.05, 0) is 44.6 Å². The largest absolute Gasteiger partial charge is 0.483 e. The van der Waals surface area contributed by atoms with Crippen molar-refractivity contribution in [1.82, 2.24) is 9.80 Å². The van der Waals surface area contributed by atoms with Crippen molar-refractivity contribution >= 4 is 21.8 Å². The van der Waals surface area contributed by atoms with Gasteiger partial charge in [-0.25, -0.2) is 0 Å². The number of amides is 1. The van der Waals surface area contributed by atoms with Gasteiger partial charge in [0.1, 0.15) is 5.75 Å². The summed E-state index contributed by atoms with van der Waals surface area (Å²) in [6.07, 6.45) is 0. The number of carbonyl (C=O) groups excluding carboxylic acids is 1. The van der Waals surface area contributed by atoms with Crippen molar-refractivity contribution in [2.24, 2.45) is 0 Å². The Bertz CT molecular complexity index is 794. The van der Waals surface area contributed by atoms with Gasteiger partial charge in [0.05, 0.1) is 4.47 Å². The lowest BCUT2D eigenvalue weighted by Crippen LogP contribution is -2.49. The van der Waals surface area contributed by atoms with E-state index in [9.17, 15) is 4.79 Å². The fourth-order valence-electron chi connectivity index (χ4n) is 3.31. The van der Waals surface area contributed by atoms with Crippen molar-refractivity contribution < 1.29 is 9.53 Å². The summed E-state index contributed by atoms with van der Waals surface area (Å²) in [7, 11) is 0. The van der Waals surface area contributed by atoms with E-state index in [4.69, 9.17) is 4.74 Å². The molecule has 0 atom stereocenters. The first kappa shape index (κ1) is 20.9. The smallest absolute Gasteiger partial charge is 0.260 e. The number of benzene rings is 2. The Morgan fingerprint density at radius 3 is 2.32 bits per heavy atom. The minimum atomic E-state index is 0.0474. The maximum Gasteiger partial charge on any atom is 0.260 e. The van der Waals surface area contributed by atoms with Crippen molar-refractivity contribution in [3.8, 4) is 5.75 Å². The second-order valence-electron chi connectivity index (χ2n) is 8.33. The van der Waals surface area contributed by atoms with Crippen LogP contribution in [0.1, 0.15) is 31.9 Å². The van der Waals surface area contributed by atoms with Crippen LogP contribution in [0.25, 0.3) is 0 Å². The molecule has 1 amide bonds. The van der Waals surface area contributed by atoms with E-state index in [1.807, 2.05) is 17.0 Å². The minimum absolute atomic E-state index is 0.0474. The fraction of sp³-hybridized carbons (Fsp3) is 0.435. The van der Waals surface area contributed by atoms with Crippen molar-refractivity contribution in [3.05, 3.63) is 64.1 Å². The van der Waals surface area contributed by atoms with Gasteiger partial charge in [0.25, 0.3) is 5.91 Å². The Kier molecular flexibility index (Phi) is 6.78. The van der Waals surface area contributed by atoms with Crippen LogP contribution >= 0.6 is 15.9 Å². The molecule has 0 spiro atoms. The lowest BCUT2D eigenvalue weighted by molar-refractivity contribution is -0.135. The lowest BCUT2D eigenvalue weighted by Gasteiger charge is -2.34. The molecule has 0 aromatic heterocycles. The van der Waals surface area contributed by atoms with E-state index in [0.717, 1.165) is 37.2 Å². The number of ether oxygens (including phenoxy) is 1. The van der Waals surface area contributed by atoms with E-state index in [0.29, 0.717) is 5.75 Å². The third-order valence-electron chi connectivity index (χ3n) is 5.12. The molecule has 0 radical (unpaired) electrons. The fourth-order valence-corrected chi connectivity index (χ4v) is 3.81. The van der Waals surface area contributed by atoms with E-state index in [-0.39, 0.29) is 17.9 Å². The topological polar surface area (TPSA) is 32.8 Å². The second kappa shape index (κ2) is 9.10. The third-order valence-corrected chi connectivity index (χ3v) is 5.74. The van der Waals surface area contributed by atoms with Crippen molar-refractivity contribution in [1.29, 1.82) is 0 Å². The molecule has 0 bridgehead atoms. The zero-order valence-electron chi connectivity index (χ0n) is 17.0. The molecular weight excluding hydrogens is 416 g/mol. The molecule has 1 saturated heterocycles. The Labute approximate surface area is 176 Å². The highest BCUT2D eigenvalue weighted by molar-refractivity contribution is 9.10. The molecule has 1 heterocycles. The molecule has 2 aromatic rings. The monoisotopic (exact) mass is 444 g/mol. The van der Waals surface area contributed by atoms with Gasteiger partial charge in [0.15, 0.2) is 6.61 Å². The van der Waals surface area contributed by atoms with Crippen LogP contribution in [-0.2, 0) is 16.8 Å². The number of nitrogens with zero attached hydrogens (tertiary/aromatic N) is 2. The van der Waals surface area contributed by atoms with E-state index >= 15 is 0 Å². The number of hydrogen-bond donors (Lipinski definition) is 0. The first-order chi connectivity index (χ1) is 13.3. The van der Waals surface area contributed by atoms with Crippen LogP contribution in [0, 0.1) is 0 Å². The van der Waals surface area contributed by atoms with Crippen LogP contribution in [-0.4, -0.2) is 48.5 Å². The zero-order chi connectivity index (χ0) is 20.1. The molecule has 28 heavy (non-hydrogen) atoms. The number of piperazine rings is 1. The first-order valence-corrected chi connectivity index (χ1v) is 10.6. The predicted octanol–water partition coefficient (Wildman–Crippen LogP) is 4.47. The average Bonchev–Trinajstić information content (AvgIpc) is 2.67. The summed E-state index contributed by atoms with van der Waals surface area (Å²) in [5.41, 5.74) is 2.62.